The highest BCUT2D eigenvalue weighted by Gasteiger charge is 2.44. The largest absolute Gasteiger partial charge is 0.394 e. The van der Waals surface area contributed by atoms with E-state index in [0.29, 0.717) is 16.8 Å². The van der Waals surface area contributed by atoms with Gasteiger partial charge in [0.1, 0.15) is 42.1 Å². The third kappa shape index (κ3) is 3.14. The van der Waals surface area contributed by atoms with E-state index >= 15 is 0 Å². The summed E-state index contributed by atoms with van der Waals surface area (Å²) in [5.74, 6) is -0.0949. The molecule has 0 unspecified atom stereocenters. The first-order valence-corrected chi connectivity index (χ1v) is 8.68. The lowest BCUT2D eigenvalue weighted by atomic mass is 10.1. The fourth-order valence-corrected chi connectivity index (χ4v) is 3.36. The number of aliphatic hydroxyl groups is 3. The van der Waals surface area contributed by atoms with Crippen molar-refractivity contribution >= 4 is 23.5 Å². The monoisotopic (exact) mass is 386 g/mol. The van der Waals surface area contributed by atoms with Crippen LogP contribution in [0.2, 0.25) is 0 Å². The number of anilines is 1. The molecule has 0 saturated carbocycles. The van der Waals surface area contributed by atoms with Crippen LogP contribution in [-0.4, -0.2) is 54.8 Å². The summed E-state index contributed by atoms with van der Waals surface area (Å²) in [6, 6.07) is 7.72. The van der Waals surface area contributed by atoms with Crippen LogP contribution < -0.4 is 5.73 Å². The minimum atomic E-state index is -1.24. The van der Waals surface area contributed by atoms with Crippen LogP contribution >= 0.6 is 0 Å². The summed E-state index contributed by atoms with van der Waals surface area (Å²) in [5, 5.41) is 33.9. The molecule has 0 spiro atoms. The van der Waals surface area contributed by atoms with Crippen LogP contribution in [0.1, 0.15) is 22.9 Å². The Morgan fingerprint density at radius 2 is 1.93 bits per heavy atom. The molecule has 5 N–H and O–H groups in total. The predicted octanol–water partition coefficient (Wildman–Crippen LogP) is 0.775. The van der Waals surface area contributed by atoms with Gasteiger partial charge in [0.2, 0.25) is 0 Å². The second kappa shape index (κ2) is 7.28. The third-order valence-electron chi connectivity index (χ3n) is 4.80. The topological polar surface area (TPSA) is 126 Å². The zero-order valence-electron chi connectivity index (χ0n) is 14.7. The van der Waals surface area contributed by atoms with E-state index in [4.69, 9.17) is 10.5 Å². The maximum atomic E-state index is 13.1. The van der Waals surface area contributed by atoms with Gasteiger partial charge < -0.3 is 25.8 Å². The van der Waals surface area contributed by atoms with Gasteiger partial charge in [-0.05, 0) is 23.8 Å². The zero-order chi connectivity index (χ0) is 19.8. The molecule has 3 aromatic rings. The number of nitrogens with zero attached hydrogens (tertiary/aromatic N) is 3. The minimum absolute atomic E-state index is 0.228. The van der Waals surface area contributed by atoms with Crippen LogP contribution in [-0.2, 0) is 4.74 Å². The molecule has 1 fully saturated rings. The normalized spacial score (nSPS) is 25.1. The van der Waals surface area contributed by atoms with Gasteiger partial charge in [0.15, 0.2) is 5.82 Å². The Kier molecular flexibility index (Phi) is 4.82. The highest BCUT2D eigenvalue weighted by Crippen LogP contribution is 2.36. The van der Waals surface area contributed by atoms with E-state index in [2.05, 4.69) is 10.1 Å². The average Bonchev–Trinajstić information content (AvgIpc) is 3.20. The number of fused-ring (bicyclic) bond motifs is 1. The zero-order valence-corrected chi connectivity index (χ0v) is 14.7. The van der Waals surface area contributed by atoms with Crippen LogP contribution in [0.5, 0.6) is 0 Å². The molecule has 4 atom stereocenters. The summed E-state index contributed by atoms with van der Waals surface area (Å²) in [7, 11) is 0. The molecule has 0 amide bonds. The van der Waals surface area contributed by atoms with Gasteiger partial charge >= 0.3 is 0 Å². The molecule has 3 heterocycles. The first-order chi connectivity index (χ1) is 13.5. The van der Waals surface area contributed by atoms with Crippen molar-refractivity contribution in [3.8, 4) is 0 Å². The Labute approximate surface area is 159 Å². The molecule has 0 bridgehead atoms. The van der Waals surface area contributed by atoms with Crippen molar-refractivity contribution in [1.82, 2.24) is 14.6 Å². The molecule has 0 aliphatic carbocycles. The van der Waals surface area contributed by atoms with Crippen LogP contribution in [0.15, 0.2) is 36.7 Å². The summed E-state index contributed by atoms with van der Waals surface area (Å²) in [4.78, 5) is 4.01. The van der Waals surface area contributed by atoms with Gasteiger partial charge in [-0.2, -0.15) is 5.10 Å². The van der Waals surface area contributed by atoms with Gasteiger partial charge in [-0.15, -0.1) is 0 Å². The number of nitrogens with two attached hydrogens (primary N) is 1. The van der Waals surface area contributed by atoms with Gasteiger partial charge in [-0.25, -0.2) is 13.9 Å². The first kappa shape index (κ1) is 18.5. The first-order valence-electron chi connectivity index (χ1n) is 8.68. The molecule has 28 heavy (non-hydrogen) atoms. The summed E-state index contributed by atoms with van der Waals surface area (Å²) < 4.78 is 20.2. The Morgan fingerprint density at radius 3 is 2.61 bits per heavy atom. The fourth-order valence-electron chi connectivity index (χ4n) is 3.36. The van der Waals surface area contributed by atoms with Crippen LogP contribution in [0.4, 0.5) is 10.2 Å². The molecule has 0 radical (unpaired) electrons. The maximum absolute atomic E-state index is 13.1. The van der Waals surface area contributed by atoms with E-state index in [1.807, 2.05) is 0 Å². The summed E-state index contributed by atoms with van der Waals surface area (Å²) in [6.45, 7) is -0.424. The van der Waals surface area contributed by atoms with Crippen LogP contribution in [0.25, 0.3) is 17.7 Å². The maximum Gasteiger partial charge on any atom is 0.151 e. The van der Waals surface area contributed by atoms with Crippen molar-refractivity contribution in [3.63, 3.8) is 0 Å². The molecule has 1 saturated heterocycles. The summed E-state index contributed by atoms with van der Waals surface area (Å²) in [6.07, 6.45) is 0.568. The van der Waals surface area contributed by atoms with E-state index in [9.17, 15) is 19.7 Å². The lowest BCUT2D eigenvalue weighted by molar-refractivity contribution is -0.0244. The number of benzene rings is 1. The van der Waals surface area contributed by atoms with Crippen LogP contribution in [0, 0.1) is 5.82 Å². The molecular formula is C19H19FN4O4. The molecule has 4 rings (SSSR count). The smallest absolute Gasteiger partial charge is 0.151 e. The minimum Gasteiger partial charge on any atom is -0.394 e. The van der Waals surface area contributed by atoms with Crippen molar-refractivity contribution in [2.24, 2.45) is 0 Å². The van der Waals surface area contributed by atoms with E-state index in [1.54, 1.807) is 30.4 Å². The molecule has 8 nitrogen and oxygen atoms in total. The van der Waals surface area contributed by atoms with Crippen molar-refractivity contribution < 1.29 is 24.4 Å². The number of hydrogen-bond donors (Lipinski definition) is 4. The lowest BCUT2D eigenvalue weighted by Crippen LogP contribution is -2.32. The Morgan fingerprint density at radius 1 is 1.18 bits per heavy atom. The number of aliphatic hydroxyl groups excluding tert-OH is 3. The summed E-state index contributed by atoms with van der Waals surface area (Å²) in [5.41, 5.74) is 8.44. The number of rotatable bonds is 4. The fraction of sp³-hybridized carbons (Fsp3) is 0.263. The Hall–Kier alpha value is -2.85. The standard InChI is InChI=1S/C19H19FN4O4/c20-12-5-2-10(3-6-12)1-4-11-7-13(24-15(11)19(21)22-9-23-24)18-17(27)16(26)14(8-25)28-18/h1-7,9,14,16-18,25-27H,8H2,(H2,21,22,23)/b4-1+/t14-,16-,17-,18+/m1/s1. The molecule has 1 aliphatic rings. The molecular weight excluding hydrogens is 367 g/mol. The second-order valence-corrected chi connectivity index (χ2v) is 6.57. The third-order valence-corrected chi connectivity index (χ3v) is 4.80. The predicted molar refractivity (Wildman–Crippen MR) is 99.4 cm³/mol. The van der Waals surface area contributed by atoms with Gasteiger partial charge in [0, 0.05) is 5.56 Å². The lowest BCUT2D eigenvalue weighted by Gasteiger charge is -2.14. The van der Waals surface area contributed by atoms with Gasteiger partial charge in [-0.1, -0.05) is 24.3 Å². The molecule has 146 valence electrons. The Bertz CT molecular complexity index is 1020. The van der Waals surface area contributed by atoms with E-state index in [1.165, 1.54) is 23.0 Å². The van der Waals surface area contributed by atoms with E-state index < -0.39 is 31.0 Å². The van der Waals surface area contributed by atoms with Crippen molar-refractivity contribution in [1.29, 1.82) is 0 Å². The quantitative estimate of drug-likeness (QED) is 0.522. The van der Waals surface area contributed by atoms with Crippen LogP contribution in [0.3, 0.4) is 0 Å². The highest BCUT2D eigenvalue weighted by molar-refractivity contribution is 5.84. The SMILES string of the molecule is Nc1ncnn2c([C@@H]3O[C@H](CO)[C@@H](O)[C@H]3O)cc(/C=C/c3ccc(F)cc3)c12. The number of hydrogen-bond acceptors (Lipinski definition) is 7. The number of aromatic nitrogens is 3. The van der Waals surface area contributed by atoms with Gasteiger partial charge in [-0.3, -0.25) is 0 Å². The average molecular weight is 386 g/mol. The van der Waals surface area contributed by atoms with E-state index in [-0.39, 0.29) is 11.6 Å². The highest BCUT2D eigenvalue weighted by atomic mass is 19.1. The van der Waals surface area contributed by atoms with Gasteiger partial charge in [0.25, 0.3) is 0 Å². The van der Waals surface area contributed by atoms with Crippen molar-refractivity contribution in [2.75, 3.05) is 12.3 Å². The van der Waals surface area contributed by atoms with Crippen molar-refractivity contribution in [2.45, 2.75) is 24.4 Å². The van der Waals surface area contributed by atoms with Gasteiger partial charge in [0.05, 0.1) is 12.3 Å². The molecule has 9 heteroatoms. The summed E-state index contributed by atoms with van der Waals surface area (Å²) >= 11 is 0. The number of nitrogen functional groups attached to an aromatic ring is 1. The molecule has 1 aliphatic heterocycles. The van der Waals surface area contributed by atoms with E-state index in [0.717, 1.165) is 5.56 Å². The number of ether oxygens (including phenoxy) is 1. The van der Waals surface area contributed by atoms with Crippen molar-refractivity contribution in [3.05, 3.63) is 59.3 Å². The molecule has 2 aromatic heterocycles. The number of halogens is 1. The Balaban J connectivity index is 1.77. The molecule has 1 aromatic carbocycles. The second-order valence-electron chi connectivity index (χ2n) is 6.57.